The lowest BCUT2D eigenvalue weighted by molar-refractivity contribution is 0.353. The summed E-state index contributed by atoms with van der Waals surface area (Å²) in [5.41, 5.74) is 1.11. The van der Waals surface area contributed by atoms with Gasteiger partial charge in [0.2, 0.25) is 0 Å². The van der Waals surface area contributed by atoms with Crippen molar-refractivity contribution in [2.75, 3.05) is 34.9 Å². The Morgan fingerprint density at radius 3 is 2.29 bits per heavy atom. The summed E-state index contributed by atoms with van der Waals surface area (Å²) in [5, 5.41) is 6.30. The summed E-state index contributed by atoms with van der Waals surface area (Å²) in [6, 6.07) is 6.01. The van der Waals surface area contributed by atoms with E-state index in [2.05, 4.69) is 35.5 Å². The highest BCUT2D eigenvalue weighted by Crippen LogP contribution is 2.32. The molecule has 21 heavy (non-hydrogen) atoms. The summed E-state index contributed by atoms with van der Waals surface area (Å²) in [7, 11) is 6.89. The van der Waals surface area contributed by atoms with Crippen LogP contribution >= 0.6 is 24.0 Å². The van der Waals surface area contributed by atoms with E-state index in [1.54, 1.807) is 21.3 Å². The van der Waals surface area contributed by atoms with Crippen LogP contribution in [0.5, 0.6) is 11.5 Å². The highest BCUT2D eigenvalue weighted by Gasteiger charge is 2.22. The minimum Gasteiger partial charge on any atom is -0.493 e. The van der Waals surface area contributed by atoms with Gasteiger partial charge in [-0.3, -0.25) is 4.99 Å². The van der Waals surface area contributed by atoms with E-state index in [-0.39, 0.29) is 29.4 Å². The topological polar surface area (TPSA) is 54.9 Å². The molecule has 2 N–H and O–H groups in total. The zero-order valence-corrected chi connectivity index (χ0v) is 15.9. The number of halogens is 1. The van der Waals surface area contributed by atoms with Crippen LogP contribution in [0, 0.1) is 0 Å². The quantitative estimate of drug-likeness (QED) is 0.447. The molecule has 0 bridgehead atoms. The van der Waals surface area contributed by atoms with E-state index in [4.69, 9.17) is 9.47 Å². The molecular formula is C15H26IN3O2. The number of nitrogens with zero attached hydrogens (tertiary/aromatic N) is 1. The third-order valence-corrected chi connectivity index (χ3v) is 3.32. The van der Waals surface area contributed by atoms with E-state index < -0.39 is 0 Å². The molecule has 120 valence electrons. The largest absolute Gasteiger partial charge is 0.493 e. The predicted octanol–water partition coefficient (Wildman–Crippen LogP) is 2.39. The summed E-state index contributed by atoms with van der Waals surface area (Å²) in [5.74, 6) is 2.26. The molecular weight excluding hydrogens is 381 g/mol. The van der Waals surface area contributed by atoms with Crippen LogP contribution < -0.4 is 20.1 Å². The fraction of sp³-hybridized carbons (Fsp3) is 0.533. The molecule has 0 fully saturated rings. The van der Waals surface area contributed by atoms with Crippen molar-refractivity contribution in [3.8, 4) is 11.5 Å². The Labute approximate surface area is 144 Å². The molecule has 0 spiro atoms. The second-order valence-electron chi connectivity index (χ2n) is 5.13. The fourth-order valence-corrected chi connectivity index (χ4v) is 1.94. The fourth-order valence-electron chi connectivity index (χ4n) is 1.94. The number of guanidine groups is 1. The number of nitrogens with one attached hydrogen (secondary N) is 2. The average molecular weight is 407 g/mol. The van der Waals surface area contributed by atoms with Gasteiger partial charge in [0.25, 0.3) is 0 Å². The minimum absolute atomic E-state index is 0. The van der Waals surface area contributed by atoms with Crippen molar-refractivity contribution in [2.24, 2.45) is 4.99 Å². The Morgan fingerprint density at radius 2 is 1.81 bits per heavy atom. The Hall–Kier alpha value is -1.18. The molecule has 0 aromatic heterocycles. The molecule has 0 amide bonds. The molecule has 0 aliphatic carbocycles. The predicted molar refractivity (Wildman–Crippen MR) is 98.4 cm³/mol. The van der Waals surface area contributed by atoms with E-state index in [0.29, 0.717) is 0 Å². The maximum Gasteiger partial charge on any atom is 0.190 e. The number of hydrogen-bond acceptors (Lipinski definition) is 3. The number of rotatable bonds is 5. The Balaban J connectivity index is 0.00000400. The van der Waals surface area contributed by atoms with Crippen molar-refractivity contribution in [3.63, 3.8) is 0 Å². The standard InChI is InChI=1S/C15H25N3O2.HI/c1-15(2,10-18-14(16-3)17-4)11-7-8-12(19-5)13(9-11)20-6;/h7-9H,10H2,1-6H3,(H2,16,17,18);1H. The molecule has 6 heteroatoms. The zero-order chi connectivity index (χ0) is 15.2. The first-order chi connectivity index (χ1) is 9.48. The molecule has 1 aromatic carbocycles. The van der Waals surface area contributed by atoms with Crippen LogP contribution in [0.3, 0.4) is 0 Å². The van der Waals surface area contributed by atoms with Crippen molar-refractivity contribution in [1.29, 1.82) is 0 Å². The zero-order valence-electron chi connectivity index (χ0n) is 13.6. The maximum atomic E-state index is 5.36. The molecule has 0 unspecified atom stereocenters. The molecule has 0 aliphatic heterocycles. The third-order valence-electron chi connectivity index (χ3n) is 3.32. The van der Waals surface area contributed by atoms with Crippen molar-refractivity contribution in [3.05, 3.63) is 23.8 Å². The van der Waals surface area contributed by atoms with Gasteiger partial charge in [-0.25, -0.2) is 0 Å². The van der Waals surface area contributed by atoms with Gasteiger partial charge in [-0.05, 0) is 17.7 Å². The lowest BCUT2D eigenvalue weighted by Crippen LogP contribution is -2.42. The van der Waals surface area contributed by atoms with Crippen LogP contribution in [0.25, 0.3) is 0 Å². The third kappa shape index (κ3) is 5.26. The monoisotopic (exact) mass is 407 g/mol. The summed E-state index contributed by atoms with van der Waals surface area (Å²) in [6.45, 7) is 5.10. The van der Waals surface area contributed by atoms with Gasteiger partial charge in [0, 0.05) is 26.1 Å². The van der Waals surface area contributed by atoms with Gasteiger partial charge in [-0.15, -0.1) is 24.0 Å². The van der Waals surface area contributed by atoms with Crippen LogP contribution in [-0.4, -0.2) is 40.8 Å². The van der Waals surface area contributed by atoms with E-state index in [9.17, 15) is 0 Å². The van der Waals surface area contributed by atoms with Crippen LogP contribution in [0.15, 0.2) is 23.2 Å². The molecule has 0 atom stereocenters. The summed E-state index contributed by atoms with van der Waals surface area (Å²) < 4.78 is 10.6. The number of aliphatic imine (C=N–C) groups is 1. The van der Waals surface area contributed by atoms with Gasteiger partial charge in [0.05, 0.1) is 14.2 Å². The number of ether oxygens (including phenoxy) is 2. The second kappa shape index (κ2) is 8.96. The van der Waals surface area contributed by atoms with E-state index >= 15 is 0 Å². The van der Waals surface area contributed by atoms with E-state index in [0.717, 1.165) is 24.0 Å². The summed E-state index contributed by atoms with van der Waals surface area (Å²) >= 11 is 0. The Kier molecular flexibility index (Phi) is 8.46. The van der Waals surface area contributed by atoms with Gasteiger partial charge in [0.15, 0.2) is 17.5 Å². The first kappa shape index (κ1) is 19.8. The Bertz CT molecular complexity index is 476. The second-order valence-corrected chi connectivity index (χ2v) is 5.13. The van der Waals surface area contributed by atoms with Gasteiger partial charge in [-0.1, -0.05) is 19.9 Å². The minimum atomic E-state index is -0.0632. The van der Waals surface area contributed by atoms with Gasteiger partial charge >= 0.3 is 0 Å². The molecule has 0 aliphatic rings. The van der Waals surface area contributed by atoms with Crippen molar-refractivity contribution >= 4 is 29.9 Å². The average Bonchev–Trinajstić information content (AvgIpc) is 2.47. The van der Waals surface area contributed by atoms with Gasteiger partial charge in [0.1, 0.15) is 0 Å². The van der Waals surface area contributed by atoms with Crippen LogP contribution in [0.2, 0.25) is 0 Å². The van der Waals surface area contributed by atoms with Crippen LogP contribution in [-0.2, 0) is 5.41 Å². The summed E-state index contributed by atoms with van der Waals surface area (Å²) in [4.78, 5) is 4.11. The molecule has 0 radical (unpaired) electrons. The van der Waals surface area contributed by atoms with Gasteiger partial charge in [-0.2, -0.15) is 0 Å². The molecule has 0 heterocycles. The molecule has 1 rings (SSSR count). The first-order valence-electron chi connectivity index (χ1n) is 6.59. The van der Waals surface area contributed by atoms with Crippen molar-refractivity contribution in [1.82, 2.24) is 10.6 Å². The molecule has 0 saturated heterocycles. The summed E-state index contributed by atoms with van der Waals surface area (Å²) in [6.07, 6.45) is 0. The highest BCUT2D eigenvalue weighted by molar-refractivity contribution is 14.0. The number of hydrogen-bond donors (Lipinski definition) is 2. The van der Waals surface area contributed by atoms with Crippen LogP contribution in [0.4, 0.5) is 0 Å². The molecule has 1 aromatic rings. The normalized spacial score (nSPS) is 11.4. The number of benzene rings is 1. The van der Waals surface area contributed by atoms with E-state index in [1.165, 1.54) is 5.56 Å². The first-order valence-corrected chi connectivity index (χ1v) is 6.59. The SMILES string of the molecule is CN=C(NC)NCC(C)(C)c1ccc(OC)c(OC)c1.I. The molecule has 0 saturated carbocycles. The van der Waals surface area contributed by atoms with Crippen molar-refractivity contribution < 1.29 is 9.47 Å². The molecule has 5 nitrogen and oxygen atoms in total. The highest BCUT2D eigenvalue weighted by atomic mass is 127. The van der Waals surface area contributed by atoms with E-state index in [1.807, 2.05) is 19.2 Å². The Morgan fingerprint density at radius 1 is 1.19 bits per heavy atom. The lowest BCUT2D eigenvalue weighted by Gasteiger charge is -2.27. The van der Waals surface area contributed by atoms with Crippen molar-refractivity contribution in [2.45, 2.75) is 19.3 Å². The van der Waals surface area contributed by atoms with Crippen LogP contribution in [0.1, 0.15) is 19.4 Å². The van der Waals surface area contributed by atoms with Gasteiger partial charge < -0.3 is 20.1 Å². The maximum absolute atomic E-state index is 5.36. The number of methoxy groups -OCH3 is 2. The smallest absolute Gasteiger partial charge is 0.190 e. The lowest BCUT2D eigenvalue weighted by atomic mass is 9.84.